The first-order valence-electron chi connectivity index (χ1n) is 8.00. The zero-order valence-electron chi connectivity index (χ0n) is 14.0. The third-order valence-corrected chi connectivity index (χ3v) is 4.15. The molecule has 4 rings (SSSR count). The highest BCUT2D eigenvalue weighted by atomic mass is 19.4. The van der Waals surface area contributed by atoms with E-state index >= 15 is 0 Å². The Morgan fingerprint density at radius 1 is 1.04 bits per heavy atom. The van der Waals surface area contributed by atoms with Crippen molar-refractivity contribution in [2.24, 2.45) is 0 Å². The van der Waals surface area contributed by atoms with Gasteiger partial charge in [-0.15, -0.1) is 0 Å². The van der Waals surface area contributed by atoms with Crippen LogP contribution in [-0.2, 0) is 6.18 Å². The number of halogens is 3. The molecule has 6 nitrogen and oxygen atoms in total. The number of hydrogen-bond donors (Lipinski definition) is 1. The summed E-state index contributed by atoms with van der Waals surface area (Å²) in [6.45, 7) is 7.00. The van der Waals surface area contributed by atoms with E-state index in [4.69, 9.17) is 6.57 Å². The van der Waals surface area contributed by atoms with Crippen molar-refractivity contribution in [3.05, 3.63) is 82.1 Å². The molecule has 0 aliphatic heterocycles. The first kappa shape index (κ1) is 17.5. The maximum Gasteiger partial charge on any atom is 0.416 e. The quantitative estimate of drug-likeness (QED) is 0.525. The molecule has 4 aromatic rings. The van der Waals surface area contributed by atoms with Crippen LogP contribution in [-0.4, -0.2) is 19.7 Å². The van der Waals surface area contributed by atoms with Crippen LogP contribution in [0.15, 0.2) is 59.5 Å². The van der Waals surface area contributed by atoms with Crippen LogP contribution in [0.25, 0.3) is 33.0 Å². The van der Waals surface area contributed by atoms with Gasteiger partial charge in [-0.2, -0.15) is 18.3 Å². The summed E-state index contributed by atoms with van der Waals surface area (Å²) < 4.78 is 39.7. The second-order valence-corrected chi connectivity index (χ2v) is 5.91. The number of benzene rings is 2. The van der Waals surface area contributed by atoms with Gasteiger partial charge in [-0.25, -0.2) is 14.5 Å². The molecule has 0 spiro atoms. The molecule has 0 unspecified atom stereocenters. The molecule has 28 heavy (non-hydrogen) atoms. The highest BCUT2D eigenvalue weighted by Gasteiger charge is 2.30. The highest BCUT2D eigenvalue weighted by molar-refractivity contribution is 5.77. The van der Waals surface area contributed by atoms with Gasteiger partial charge in [0.05, 0.1) is 24.0 Å². The Morgan fingerprint density at radius 3 is 2.32 bits per heavy atom. The summed E-state index contributed by atoms with van der Waals surface area (Å²) in [5.41, 5.74) is 0.404. The number of nitrogens with zero attached hydrogens (tertiary/aromatic N) is 4. The van der Waals surface area contributed by atoms with Gasteiger partial charge in [-0.05, 0) is 24.3 Å². The van der Waals surface area contributed by atoms with Gasteiger partial charge in [0.2, 0.25) is 0 Å². The van der Waals surface area contributed by atoms with Gasteiger partial charge in [0.25, 0.3) is 5.56 Å². The Balaban J connectivity index is 1.83. The van der Waals surface area contributed by atoms with Crippen molar-refractivity contribution in [2.75, 3.05) is 0 Å². The van der Waals surface area contributed by atoms with Gasteiger partial charge in [0.1, 0.15) is 11.2 Å². The number of hydrogen-bond acceptors (Lipinski definition) is 3. The third-order valence-electron chi connectivity index (χ3n) is 4.15. The highest BCUT2D eigenvalue weighted by Crippen LogP contribution is 2.30. The van der Waals surface area contributed by atoms with Gasteiger partial charge in [-0.3, -0.25) is 4.79 Å². The van der Waals surface area contributed by atoms with E-state index in [1.165, 1.54) is 23.0 Å². The first-order chi connectivity index (χ1) is 13.4. The van der Waals surface area contributed by atoms with Crippen molar-refractivity contribution in [2.45, 2.75) is 6.18 Å². The molecule has 0 radical (unpaired) electrons. The minimum atomic E-state index is -4.45. The molecule has 0 amide bonds. The lowest BCUT2D eigenvalue weighted by molar-refractivity contribution is -0.137. The molecule has 2 aromatic carbocycles. The monoisotopic (exact) mass is 381 g/mol. The Kier molecular flexibility index (Phi) is 3.96. The van der Waals surface area contributed by atoms with E-state index in [2.05, 4.69) is 19.9 Å². The van der Waals surface area contributed by atoms with Crippen LogP contribution >= 0.6 is 0 Å². The summed E-state index contributed by atoms with van der Waals surface area (Å²) >= 11 is 0. The fourth-order valence-corrected chi connectivity index (χ4v) is 2.73. The van der Waals surface area contributed by atoms with E-state index in [1.807, 2.05) is 0 Å². The topological polar surface area (TPSA) is 67.9 Å². The average Bonchev–Trinajstić information content (AvgIpc) is 3.12. The lowest BCUT2D eigenvalue weighted by Gasteiger charge is -2.08. The van der Waals surface area contributed by atoms with Crippen LogP contribution in [0.5, 0.6) is 0 Å². The van der Waals surface area contributed by atoms with Crippen LogP contribution in [0.3, 0.4) is 0 Å². The van der Waals surface area contributed by atoms with Gasteiger partial charge in [0, 0.05) is 5.56 Å². The van der Waals surface area contributed by atoms with Crippen molar-refractivity contribution in [1.29, 1.82) is 0 Å². The molecule has 0 fully saturated rings. The van der Waals surface area contributed by atoms with Gasteiger partial charge < -0.3 is 4.98 Å². The maximum absolute atomic E-state index is 12.7. The smallest absolute Gasteiger partial charge is 0.306 e. The normalized spacial score (nSPS) is 11.5. The number of H-pyrrole nitrogens is 1. The second kappa shape index (κ2) is 6.35. The largest absolute Gasteiger partial charge is 0.416 e. The van der Waals surface area contributed by atoms with E-state index < -0.39 is 17.3 Å². The van der Waals surface area contributed by atoms with Crippen LogP contribution in [0.4, 0.5) is 18.9 Å². The molecule has 0 aliphatic rings. The molecule has 9 heteroatoms. The summed E-state index contributed by atoms with van der Waals surface area (Å²) in [5.74, 6) is 0.130. The lowest BCUT2D eigenvalue weighted by Crippen LogP contribution is -2.10. The molecular formula is C19H10F3N5O. The summed E-state index contributed by atoms with van der Waals surface area (Å²) in [4.78, 5) is 22.6. The fourth-order valence-electron chi connectivity index (χ4n) is 2.73. The van der Waals surface area contributed by atoms with Crippen molar-refractivity contribution < 1.29 is 13.2 Å². The van der Waals surface area contributed by atoms with Crippen LogP contribution in [0.1, 0.15) is 5.56 Å². The summed E-state index contributed by atoms with van der Waals surface area (Å²) in [6.07, 6.45) is -3.08. The second-order valence-electron chi connectivity index (χ2n) is 5.91. The molecule has 0 aliphatic carbocycles. The van der Waals surface area contributed by atoms with E-state index in [9.17, 15) is 18.0 Å². The predicted octanol–water partition coefficient (Wildman–Crippen LogP) is 4.35. The number of alkyl halides is 3. The van der Waals surface area contributed by atoms with E-state index in [0.29, 0.717) is 16.9 Å². The Morgan fingerprint density at radius 2 is 1.71 bits per heavy atom. The van der Waals surface area contributed by atoms with Crippen molar-refractivity contribution in [1.82, 2.24) is 19.7 Å². The van der Waals surface area contributed by atoms with Crippen LogP contribution in [0.2, 0.25) is 0 Å². The number of nitrogens with one attached hydrogen (secondary N) is 1. The van der Waals surface area contributed by atoms with Gasteiger partial charge in [-0.1, -0.05) is 24.3 Å². The molecule has 0 atom stereocenters. The van der Waals surface area contributed by atoms with Crippen LogP contribution in [0, 0.1) is 6.57 Å². The number of fused-ring (bicyclic) bond motifs is 1. The summed E-state index contributed by atoms with van der Waals surface area (Å²) in [7, 11) is 0. The van der Waals surface area contributed by atoms with Gasteiger partial charge in [0.15, 0.2) is 11.3 Å². The minimum absolute atomic E-state index is 0.130. The molecule has 2 aromatic heterocycles. The predicted molar refractivity (Wildman–Crippen MR) is 96.2 cm³/mol. The molecule has 0 saturated heterocycles. The number of aromatic nitrogens is 4. The molecule has 0 bridgehead atoms. The Hall–Kier alpha value is -3.93. The molecule has 0 saturated carbocycles. The first-order valence-corrected chi connectivity index (χ1v) is 8.00. The minimum Gasteiger partial charge on any atom is -0.306 e. The SMILES string of the molecule is [C-]#[N+]c1ccc(-n2ncc3c(=O)[nH]c(-c4ccc(C(F)(F)F)cc4)nc32)cc1. The van der Waals surface area contributed by atoms with Crippen molar-refractivity contribution in [3.63, 3.8) is 0 Å². The molecule has 1 N–H and O–H groups in total. The average molecular weight is 381 g/mol. The summed E-state index contributed by atoms with van der Waals surface area (Å²) in [6, 6.07) is 10.9. The molecular weight excluding hydrogens is 371 g/mol. The Labute approximate surface area is 155 Å². The van der Waals surface area contributed by atoms with E-state index in [0.717, 1.165) is 12.1 Å². The number of rotatable bonds is 2. The maximum atomic E-state index is 12.7. The van der Waals surface area contributed by atoms with Crippen LogP contribution < -0.4 is 5.56 Å². The molecule has 138 valence electrons. The van der Waals surface area contributed by atoms with E-state index in [1.54, 1.807) is 24.3 Å². The fraction of sp³-hybridized carbons (Fsp3) is 0.0526. The number of aromatic amines is 1. The van der Waals surface area contributed by atoms with E-state index in [-0.39, 0.29) is 16.9 Å². The summed E-state index contributed by atoms with van der Waals surface area (Å²) in [5, 5.41) is 4.41. The van der Waals surface area contributed by atoms with Crippen molar-refractivity contribution in [3.8, 4) is 17.1 Å². The lowest BCUT2D eigenvalue weighted by atomic mass is 10.1. The standard InChI is InChI=1S/C19H10F3N5O/c1-23-13-6-8-14(9-7-13)27-17-15(10-24-27)18(28)26-16(25-17)11-2-4-12(5-3-11)19(20,21)22/h2-10H,(H,25,26,28). The zero-order valence-corrected chi connectivity index (χ0v) is 14.0. The molecule has 2 heterocycles. The third kappa shape index (κ3) is 3.01. The van der Waals surface area contributed by atoms with Crippen molar-refractivity contribution >= 4 is 16.7 Å². The van der Waals surface area contributed by atoms with Gasteiger partial charge >= 0.3 is 6.18 Å². The zero-order chi connectivity index (χ0) is 19.9. The Bertz CT molecular complexity index is 1260.